The Labute approximate surface area is 157 Å². The SMILES string of the molecule is C[NH+](C)CCCN1C(=O)C(=O)C(=C(O)c2ccccc2)[C@H]1c1cccs1. The molecule has 1 aliphatic rings. The van der Waals surface area contributed by atoms with Crippen molar-refractivity contribution in [3.05, 3.63) is 63.9 Å². The molecule has 0 spiro atoms. The molecule has 2 N–H and O–H groups in total. The largest absolute Gasteiger partial charge is 0.507 e. The van der Waals surface area contributed by atoms with Crippen LogP contribution in [0.5, 0.6) is 0 Å². The highest BCUT2D eigenvalue weighted by Crippen LogP contribution is 2.40. The number of rotatable bonds is 6. The average Bonchev–Trinajstić information content (AvgIpc) is 3.24. The lowest BCUT2D eigenvalue weighted by molar-refractivity contribution is -0.858. The Kier molecular flexibility index (Phi) is 5.54. The first-order valence-electron chi connectivity index (χ1n) is 8.67. The zero-order chi connectivity index (χ0) is 18.7. The van der Waals surface area contributed by atoms with Crippen LogP contribution < -0.4 is 4.90 Å². The summed E-state index contributed by atoms with van der Waals surface area (Å²) in [7, 11) is 4.11. The maximum Gasteiger partial charge on any atom is 0.295 e. The van der Waals surface area contributed by atoms with E-state index in [1.54, 1.807) is 29.2 Å². The number of thiophene rings is 1. The van der Waals surface area contributed by atoms with Crippen molar-refractivity contribution in [2.75, 3.05) is 27.2 Å². The summed E-state index contributed by atoms with van der Waals surface area (Å²) in [6, 6.07) is 12.2. The van der Waals surface area contributed by atoms with Gasteiger partial charge in [0.25, 0.3) is 11.7 Å². The third-order valence-corrected chi connectivity index (χ3v) is 5.40. The third kappa shape index (κ3) is 3.57. The van der Waals surface area contributed by atoms with Gasteiger partial charge in [0, 0.05) is 23.4 Å². The molecule has 1 aliphatic heterocycles. The van der Waals surface area contributed by atoms with E-state index in [4.69, 9.17) is 0 Å². The van der Waals surface area contributed by atoms with Crippen LogP contribution in [0.2, 0.25) is 0 Å². The van der Waals surface area contributed by atoms with Gasteiger partial charge in [0.05, 0.1) is 32.3 Å². The molecule has 1 aromatic heterocycles. The molecule has 0 aliphatic carbocycles. The number of Topliss-reactive ketones (excluding diaryl/α,β-unsaturated/α-hetero) is 1. The van der Waals surface area contributed by atoms with Crippen LogP contribution in [-0.2, 0) is 9.59 Å². The number of hydrogen-bond donors (Lipinski definition) is 2. The van der Waals surface area contributed by atoms with Crippen molar-refractivity contribution in [3.8, 4) is 0 Å². The van der Waals surface area contributed by atoms with Gasteiger partial charge in [-0.05, 0) is 11.4 Å². The van der Waals surface area contributed by atoms with Crippen molar-refractivity contribution >= 4 is 28.8 Å². The van der Waals surface area contributed by atoms with E-state index in [2.05, 4.69) is 14.1 Å². The summed E-state index contributed by atoms with van der Waals surface area (Å²) in [5, 5.41) is 12.7. The summed E-state index contributed by atoms with van der Waals surface area (Å²) in [4.78, 5) is 29.2. The van der Waals surface area contributed by atoms with Crippen molar-refractivity contribution in [2.24, 2.45) is 0 Å². The number of aliphatic hydroxyl groups is 1. The molecule has 2 aromatic rings. The minimum atomic E-state index is -0.609. The van der Waals surface area contributed by atoms with E-state index >= 15 is 0 Å². The van der Waals surface area contributed by atoms with Crippen molar-refractivity contribution < 1.29 is 19.6 Å². The van der Waals surface area contributed by atoms with Crippen LogP contribution >= 0.6 is 11.3 Å². The first-order chi connectivity index (χ1) is 12.5. The molecule has 1 atom stereocenters. The Hall–Kier alpha value is -2.44. The van der Waals surface area contributed by atoms with Crippen LogP contribution in [-0.4, -0.2) is 48.9 Å². The summed E-state index contributed by atoms with van der Waals surface area (Å²) in [6.45, 7) is 1.39. The highest BCUT2D eigenvalue weighted by molar-refractivity contribution is 7.10. The molecule has 0 unspecified atom stereocenters. The topological polar surface area (TPSA) is 62.0 Å². The molecule has 1 saturated heterocycles. The number of nitrogens with one attached hydrogen (secondary N) is 1. The van der Waals surface area contributed by atoms with Gasteiger partial charge in [0.15, 0.2) is 0 Å². The molecule has 2 heterocycles. The summed E-state index contributed by atoms with van der Waals surface area (Å²) >= 11 is 1.49. The van der Waals surface area contributed by atoms with Gasteiger partial charge in [-0.3, -0.25) is 9.59 Å². The van der Waals surface area contributed by atoms with Gasteiger partial charge in [0.1, 0.15) is 5.76 Å². The highest BCUT2D eigenvalue weighted by atomic mass is 32.1. The zero-order valence-electron chi connectivity index (χ0n) is 14.9. The van der Waals surface area contributed by atoms with Crippen LogP contribution in [0.25, 0.3) is 5.76 Å². The Morgan fingerprint density at radius 3 is 2.50 bits per heavy atom. The minimum absolute atomic E-state index is 0.108. The standard InChI is InChI=1S/C20H22N2O3S/c1-21(2)11-7-12-22-17(15-10-6-13-26-15)16(19(24)20(22)25)18(23)14-8-4-3-5-9-14/h3-6,8-10,13,17,23H,7,11-12H2,1-2H3/p+1/t17-/m1/s1. The van der Waals surface area contributed by atoms with Gasteiger partial charge in [-0.2, -0.15) is 0 Å². The molecule has 3 rings (SSSR count). The number of carbonyl (C=O) groups excluding carboxylic acids is 2. The second-order valence-electron chi connectivity index (χ2n) is 6.68. The van der Waals surface area contributed by atoms with Gasteiger partial charge in [-0.15, -0.1) is 11.3 Å². The number of quaternary nitrogens is 1. The van der Waals surface area contributed by atoms with Crippen molar-refractivity contribution in [1.82, 2.24) is 4.90 Å². The average molecular weight is 371 g/mol. The van der Waals surface area contributed by atoms with E-state index in [0.717, 1.165) is 17.8 Å². The minimum Gasteiger partial charge on any atom is -0.507 e. The molecule has 1 aromatic carbocycles. The van der Waals surface area contributed by atoms with Gasteiger partial charge in [-0.1, -0.05) is 36.4 Å². The van der Waals surface area contributed by atoms with E-state index in [9.17, 15) is 14.7 Å². The number of carbonyl (C=O) groups is 2. The maximum absolute atomic E-state index is 12.7. The van der Waals surface area contributed by atoms with Crippen LogP contribution in [0, 0.1) is 0 Å². The fraction of sp³-hybridized carbons (Fsp3) is 0.300. The highest BCUT2D eigenvalue weighted by Gasteiger charge is 2.46. The van der Waals surface area contributed by atoms with Crippen molar-refractivity contribution in [2.45, 2.75) is 12.5 Å². The molecule has 0 saturated carbocycles. The van der Waals surface area contributed by atoms with Crippen molar-refractivity contribution in [3.63, 3.8) is 0 Å². The Balaban J connectivity index is 2.02. The van der Waals surface area contributed by atoms with E-state index in [0.29, 0.717) is 12.1 Å². The summed E-state index contributed by atoms with van der Waals surface area (Å²) < 4.78 is 0. The predicted molar refractivity (Wildman–Crippen MR) is 102 cm³/mol. The fourth-order valence-corrected chi connectivity index (χ4v) is 4.05. The first kappa shape index (κ1) is 18.4. The second-order valence-corrected chi connectivity index (χ2v) is 7.66. The number of aliphatic hydroxyl groups excluding tert-OH is 1. The van der Waals surface area contributed by atoms with Crippen molar-refractivity contribution in [1.29, 1.82) is 0 Å². The molecule has 0 radical (unpaired) electrons. The summed E-state index contributed by atoms with van der Waals surface area (Å²) in [5.41, 5.74) is 0.727. The van der Waals surface area contributed by atoms with E-state index in [1.807, 2.05) is 23.6 Å². The quantitative estimate of drug-likeness (QED) is 0.462. The molecule has 1 amide bonds. The van der Waals surface area contributed by atoms with E-state index < -0.39 is 17.7 Å². The number of likely N-dealkylation sites (tertiary alicyclic amines) is 1. The van der Waals surface area contributed by atoms with Gasteiger partial charge < -0.3 is 14.9 Å². The zero-order valence-corrected chi connectivity index (χ0v) is 15.8. The fourth-order valence-electron chi connectivity index (χ4n) is 3.21. The molecular formula is C20H23N2O3S+. The van der Waals surface area contributed by atoms with E-state index in [1.165, 1.54) is 16.2 Å². The van der Waals surface area contributed by atoms with Crippen LogP contribution in [0.1, 0.15) is 22.9 Å². The maximum atomic E-state index is 12.7. The lowest BCUT2D eigenvalue weighted by atomic mass is 10.00. The van der Waals surface area contributed by atoms with Gasteiger partial charge >= 0.3 is 0 Å². The van der Waals surface area contributed by atoms with Gasteiger partial charge in [0.2, 0.25) is 0 Å². The van der Waals surface area contributed by atoms with Crippen LogP contribution in [0.4, 0.5) is 0 Å². The molecule has 136 valence electrons. The predicted octanol–water partition coefficient (Wildman–Crippen LogP) is 1.70. The monoisotopic (exact) mass is 371 g/mol. The number of nitrogens with zero attached hydrogens (tertiary/aromatic N) is 1. The van der Waals surface area contributed by atoms with Crippen LogP contribution in [0.15, 0.2) is 53.4 Å². The molecule has 5 nitrogen and oxygen atoms in total. The third-order valence-electron chi connectivity index (χ3n) is 4.48. The summed E-state index contributed by atoms with van der Waals surface area (Å²) in [6.07, 6.45) is 0.794. The Bertz CT molecular complexity index is 813. The Morgan fingerprint density at radius 1 is 1.15 bits per heavy atom. The first-order valence-corrected chi connectivity index (χ1v) is 9.55. The molecular weight excluding hydrogens is 348 g/mol. The molecule has 0 bridgehead atoms. The number of ketones is 1. The second kappa shape index (κ2) is 7.85. The van der Waals surface area contributed by atoms with Gasteiger partial charge in [-0.25, -0.2) is 0 Å². The number of amides is 1. The molecule has 26 heavy (non-hydrogen) atoms. The van der Waals surface area contributed by atoms with Crippen LogP contribution in [0.3, 0.4) is 0 Å². The smallest absolute Gasteiger partial charge is 0.295 e. The normalized spacial score (nSPS) is 19.5. The number of hydrogen-bond acceptors (Lipinski definition) is 4. The molecule has 6 heteroatoms. The van der Waals surface area contributed by atoms with E-state index in [-0.39, 0.29) is 11.3 Å². The summed E-state index contributed by atoms with van der Waals surface area (Å²) in [5.74, 6) is -1.25. The Morgan fingerprint density at radius 2 is 1.88 bits per heavy atom. The lowest BCUT2D eigenvalue weighted by Crippen LogP contribution is -3.05. The molecule has 1 fully saturated rings. The lowest BCUT2D eigenvalue weighted by Gasteiger charge is -2.24. The number of benzene rings is 1.